The second-order valence-electron chi connectivity index (χ2n) is 6.43. The highest BCUT2D eigenvalue weighted by Crippen LogP contribution is 2.18. The lowest BCUT2D eigenvalue weighted by atomic mass is 10.0. The van der Waals surface area contributed by atoms with Gasteiger partial charge in [-0.2, -0.15) is 0 Å². The maximum Gasteiger partial charge on any atom is 0.336 e. The molecule has 0 saturated carbocycles. The average molecular weight is 318 g/mol. The molecule has 23 heavy (non-hydrogen) atoms. The Morgan fingerprint density at radius 1 is 1.13 bits per heavy atom. The summed E-state index contributed by atoms with van der Waals surface area (Å²) >= 11 is 0. The summed E-state index contributed by atoms with van der Waals surface area (Å²) in [5.41, 5.74) is 2.78. The van der Waals surface area contributed by atoms with Crippen LogP contribution in [0, 0.1) is 0 Å². The Balaban J connectivity index is 1.81. The first kappa shape index (κ1) is 16.2. The lowest BCUT2D eigenvalue weighted by molar-refractivity contribution is -1.02. The number of quaternary nitrogens is 2. The van der Waals surface area contributed by atoms with E-state index in [1.54, 1.807) is 6.07 Å². The highest BCUT2D eigenvalue weighted by atomic mass is 16.4. The maximum atomic E-state index is 11.8. The third-order valence-electron chi connectivity index (χ3n) is 4.87. The molecular weight excluding hydrogens is 292 g/mol. The lowest BCUT2D eigenvalue weighted by Gasteiger charge is -2.29. The number of aliphatic hydroxyl groups is 1. The summed E-state index contributed by atoms with van der Waals surface area (Å²) in [6.07, 6.45) is 0.977. The molecule has 2 heterocycles. The molecule has 124 valence electrons. The molecule has 5 nitrogen and oxygen atoms in total. The van der Waals surface area contributed by atoms with Crippen LogP contribution in [0.3, 0.4) is 0 Å². The summed E-state index contributed by atoms with van der Waals surface area (Å²) in [6.45, 7) is 8.40. The zero-order valence-electron chi connectivity index (χ0n) is 13.7. The molecule has 0 aliphatic carbocycles. The molecule has 5 heteroatoms. The Morgan fingerprint density at radius 2 is 1.87 bits per heavy atom. The first-order valence-corrected chi connectivity index (χ1v) is 8.53. The smallest absolute Gasteiger partial charge is 0.336 e. The Kier molecular flexibility index (Phi) is 5.10. The maximum absolute atomic E-state index is 11.8. The topological polar surface area (TPSA) is 59.3 Å². The molecule has 0 unspecified atom stereocenters. The zero-order chi connectivity index (χ0) is 16.2. The van der Waals surface area contributed by atoms with Crippen molar-refractivity contribution in [2.24, 2.45) is 0 Å². The molecule has 1 aromatic heterocycles. The molecule has 1 saturated heterocycles. The van der Waals surface area contributed by atoms with Crippen LogP contribution in [0.1, 0.15) is 18.1 Å². The second-order valence-corrected chi connectivity index (χ2v) is 6.43. The van der Waals surface area contributed by atoms with E-state index in [1.165, 1.54) is 15.4 Å². The average Bonchev–Trinajstić information content (AvgIpc) is 2.56. The van der Waals surface area contributed by atoms with Gasteiger partial charge in [-0.1, -0.05) is 13.0 Å². The van der Waals surface area contributed by atoms with Crippen molar-refractivity contribution in [2.45, 2.75) is 19.9 Å². The van der Waals surface area contributed by atoms with Gasteiger partial charge in [0.15, 0.2) is 0 Å². The summed E-state index contributed by atoms with van der Waals surface area (Å²) in [6, 6.07) is 7.75. The summed E-state index contributed by atoms with van der Waals surface area (Å²) in [4.78, 5) is 14.8. The predicted molar refractivity (Wildman–Crippen MR) is 88.9 cm³/mol. The molecule has 0 bridgehead atoms. The summed E-state index contributed by atoms with van der Waals surface area (Å²) in [5.74, 6) is 0. The van der Waals surface area contributed by atoms with Crippen molar-refractivity contribution in [2.75, 3.05) is 39.3 Å². The number of rotatable bonds is 5. The normalized spacial score (nSPS) is 21.7. The summed E-state index contributed by atoms with van der Waals surface area (Å²) < 4.78 is 5.34. The second kappa shape index (κ2) is 7.25. The fraction of sp³-hybridized carbons (Fsp3) is 0.500. The quantitative estimate of drug-likeness (QED) is 0.596. The Morgan fingerprint density at radius 3 is 2.57 bits per heavy atom. The first-order valence-electron chi connectivity index (χ1n) is 8.53. The first-order chi connectivity index (χ1) is 11.2. The van der Waals surface area contributed by atoms with Crippen molar-refractivity contribution < 1.29 is 19.3 Å². The third-order valence-corrected chi connectivity index (χ3v) is 4.87. The van der Waals surface area contributed by atoms with Gasteiger partial charge in [-0.25, -0.2) is 4.79 Å². The summed E-state index contributed by atoms with van der Waals surface area (Å²) in [7, 11) is 0. The van der Waals surface area contributed by atoms with E-state index in [-0.39, 0.29) is 12.2 Å². The van der Waals surface area contributed by atoms with Crippen LogP contribution in [0.15, 0.2) is 33.5 Å². The van der Waals surface area contributed by atoms with Crippen LogP contribution >= 0.6 is 0 Å². The van der Waals surface area contributed by atoms with E-state index >= 15 is 0 Å². The molecule has 2 aromatic rings. The van der Waals surface area contributed by atoms with Crippen LogP contribution in [-0.4, -0.2) is 44.4 Å². The molecule has 3 rings (SSSR count). The molecular formula is C18H26N2O3+2. The minimum atomic E-state index is -0.263. The Hall–Kier alpha value is -1.69. The van der Waals surface area contributed by atoms with Crippen LogP contribution in [0.2, 0.25) is 0 Å². The van der Waals surface area contributed by atoms with Gasteiger partial charge in [-0.3, -0.25) is 0 Å². The largest absolute Gasteiger partial charge is 0.423 e. The number of benzene rings is 1. The number of fused-ring (bicyclic) bond motifs is 1. The molecule has 0 amide bonds. The van der Waals surface area contributed by atoms with Crippen molar-refractivity contribution >= 4 is 11.0 Å². The van der Waals surface area contributed by atoms with Gasteiger partial charge in [0.1, 0.15) is 44.9 Å². The van der Waals surface area contributed by atoms with Gasteiger partial charge < -0.3 is 19.3 Å². The monoisotopic (exact) mass is 318 g/mol. The predicted octanol–water partition coefficient (Wildman–Crippen LogP) is -1.37. The van der Waals surface area contributed by atoms with E-state index in [4.69, 9.17) is 9.52 Å². The lowest BCUT2D eigenvalue weighted by Crippen LogP contribution is -3.27. The van der Waals surface area contributed by atoms with Gasteiger partial charge in [-0.05, 0) is 24.1 Å². The van der Waals surface area contributed by atoms with Crippen molar-refractivity contribution in [1.82, 2.24) is 0 Å². The summed E-state index contributed by atoms with van der Waals surface area (Å²) in [5, 5.41) is 10.1. The highest BCUT2D eigenvalue weighted by molar-refractivity contribution is 5.80. The molecule has 0 atom stereocenters. The fourth-order valence-electron chi connectivity index (χ4n) is 3.45. The van der Waals surface area contributed by atoms with Gasteiger partial charge in [0.2, 0.25) is 0 Å². The highest BCUT2D eigenvalue weighted by Gasteiger charge is 2.23. The van der Waals surface area contributed by atoms with E-state index in [0.29, 0.717) is 5.58 Å². The molecule has 1 aromatic carbocycles. The fourth-order valence-corrected chi connectivity index (χ4v) is 3.45. The SMILES string of the molecule is CCc1ccc2oc(=O)cc(C[NH+]3CC[NH+](CCO)CC3)c2c1. The van der Waals surface area contributed by atoms with E-state index in [2.05, 4.69) is 13.0 Å². The number of piperazine rings is 1. The van der Waals surface area contributed by atoms with Gasteiger partial charge in [0, 0.05) is 17.0 Å². The van der Waals surface area contributed by atoms with Gasteiger partial charge >= 0.3 is 5.63 Å². The van der Waals surface area contributed by atoms with Crippen LogP contribution in [0.5, 0.6) is 0 Å². The minimum absolute atomic E-state index is 0.259. The van der Waals surface area contributed by atoms with Crippen LogP contribution in [0.4, 0.5) is 0 Å². The number of aryl methyl sites for hydroxylation is 1. The van der Waals surface area contributed by atoms with E-state index in [1.807, 2.05) is 12.1 Å². The number of nitrogens with one attached hydrogen (secondary N) is 2. The Bertz CT molecular complexity index is 718. The molecule has 0 spiro atoms. The molecule has 1 aliphatic rings. The van der Waals surface area contributed by atoms with Gasteiger partial charge in [0.25, 0.3) is 0 Å². The third kappa shape index (κ3) is 3.80. The molecule has 3 N–H and O–H groups in total. The number of hydrogen-bond acceptors (Lipinski definition) is 3. The van der Waals surface area contributed by atoms with Crippen molar-refractivity contribution in [3.8, 4) is 0 Å². The van der Waals surface area contributed by atoms with Gasteiger partial charge in [0.05, 0.1) is 6.61 Å². The van der Waals surface area contributed by atoms with Crippen molar-refractivity contribution in [3.05, 3.63) is 45.8 Å². The van der Waals surface area contributed by atoms with Crippen LogP contribution < -0.4 is 15.4 Å². The van der Waals surface area contributed by atoms with Gasteiger partial charge in [-0.15, -0.1) is 0 Å². The van der Waals surface area contributed by atoms with E-state index in [9.17, 15) is 4.79 Å². The van der Waals surface area contributed by atoms with Crippen molar-refractivity contribution in [3.63, 3.8) is 0 Å². The zero-order valence-corrected chi connectivity index (χ0v) is 13.7. The van der Waals surface area contributed by atoms with Crippen LogP contribution in [0.25, 0.3) is 11.0 Å². The molecule has 0 radical (unpaired) electrons. The van der Waals surface area contributed by atoms with Crippen molar-refractivity contribution in [1.29, 1.82) is 0 Å². The van der Waals surface area contributed by atoms with E-state index < -0.39 is 0 Å². The van der Waals surface area contributed by atoms with E-state index in [0.717, 1.165) is 56.6 Å². The number of aliphatic hydroxyl groups excluding tert-OH is 1. The minimum Gasteiger partial charge on any atom is -0.423 e. The Labute approximate surface area is 136 Å². The molecule has 1 aliphatic heterocycles. The standard InChI is InChI=1S/C18H24N2O3/c1-2-14-3-4-17-16(11-14)15(12-18(22)23-17)13-20-7-5-19(6-8-20)9-10-21/h3-4,11-12,21H,2,5-10,13H2,1H3/p+2. The van der Waals surface area contributed by atoms with Crippen LogP contribution in [-0.2, 0) is 13.0 Å². The molecule has 1 fully saturated rings. The number of hydrogen-bond donors (Lipinski definition) is 3.